The molecule has 1 aliphatic carbocycles. The summed E-state index contributed by atoms with van der Waals surface area (Å²) < 4.78 is 5.08. The summed E-state index contributed by atoms with van der Waals surface area (Å²) in [5.41, 5.74) is 3.58. The van der Waals surface area contributed by atoms with Crippen LogP contribution in [0.1, 0.15) is 42.0 Å². The standard InChI is InChI=1S/C15H25N3O/c1-11-14(5-4-9-16-13-6-7-13)12(2)18-15(17-11)8-10-19-3/h13,16H,4-10H2,1-3H3. The molecule has 0 unspecified atom stereocenters. The molecular formula is C15H25N3O. The number of aryl methyl sites for hydroxylation is 2. The first-order valence-electron chi connectivity index (χ1n) is 7.26. The minimum absolute atomic E-state index is 0.684. The van der Waals surface area contributed by atoms with E-state index in [1.54, 1.807) is 7.11 Å². The van der Waals surface area contributed by atoms with Crippen LogP contribution in [0.2, 0.25) is 0 Å². The normalized spacial score (nSPS) is 14.9. The van der Waals surface area contributed by atoms with Crippen LogP contribution < -0.4 is 5.32 Å². The summed E-state index contributed by atoms with van der Waals surface area (Å²) in [6, 6.07) is 0.801. The summed E-state index contributed by atoms with van der Waals surface area (Å²) in [5.74, 6) is 0.900. The summed E-state index contributed by atoms with van der Waals surface area (Å²) in [6.45, 7) is 5.97. The van der Waals surface area contributed by atoms with Crippen LogP contribution in [-0.2, 0) is 17.6 Å². The van der Waals surface area contributed by atoms with Gasteiger partial charge in [0.1, 0.15) is 5.82 Å². The molecule has 1 N–H and O–H groups in total. The van der Waals surface area contributed by atoms with Crippen molar-refractivity contribution in [3.05, 3.63) is 22.8 Å². The van der Waals surface area contributed by atoms with E-state index in [0.29, 0.717) is 6.61 Å². The van der Waals surface area contributed by atoms with Crippen LogP contribution in [0.4, 0.5) is 0 Å². The predicted octanol–water partition coefficient (Wildman–Crippen LogP) is 1.97. The van der Waals surface area contributed by atoms with Gasteiger partial charge >= 0.3 is 0 Å². The lowest BCUT2D eigenvalue weighted by Crippen LogP contribution is -2.18. The SMILES string of the molecule is COCCc1nc(C)c(CCCNC2CC2)c(C)n1. The van der Waals surface area contributed by atoms with Crippen LogP contribution in [0.3, 0.4) is 0 Å². The minimum Gasteiger partial charge on any atom is -0.384 e. The first-order valence-corrected chi connectivity index (χ1v) is 7.26. The number of hydrogen-bond donors (Lipinski definition) is 1. The molecule has 4 heteroatoms. The molecule has 1 aromatic heterocycles. The van der Waals surface area contributed by atoms with Gasteiger partial charge in [-0.05, 0) is 51.6 Å². The number of ether oxygens (including phenoxy) is 1. The molecule has 0 amide bonds. The monoisotopic (exact) mass is 263 g/mol. The van der Waals surface area contributed by atoms with E-state index in [1.165, 1.54) is 24.8 Å². The lowest BCUT2D eigenvalue weighted by Gasteiger charge is -2.11. The number of methoxy groups -OCH3 is 1. The number of hydrogen-bond acceptors (Lipinski definition) is 4. The first-order chi connectivity index (χ1) is 9.20. The third kappa shape index (κ3) is 4.55. The van der Waals surface area contributed by atoms with E-state index in [1.807, 2.05) is 0 Å². The van der Waals surface area contributed by atoms with Gasteiger partial charge in [0, 0.05) is 31.0 Å². The molecule has 0 aromatic carbocycles. The van der Waals surface area contributed by atoms with Crippen LogP contribution >= 0.6 is 0 Å². The fourth-order valence-electron chi connectivity index (χ4n) is 2.33. The summed E-state index contributed by atoms with van der Waals surface area (Å²) in [7, 11) is 1.71. The van der Waals surface area contributed by atoms with Crippen LogP contribution in [0.25, 0.3) is 0 Å². The molecule has 0 spiro atoms. The van der Waals surface area contributed by atoms with Crippen molar-refractivity contribution in [2.75, 3.05) is 20.3 Å². The second-order valence-electron chi connectivity index (χ2n) is 5.36. The van der Waals surface area contributed by atoms with Crippen molar-refractivity contribution in [3.63, 3.8) is 0 Å². The molecule has 1 heterocycles. The Bertz CT molecular complexity index is 393. The van der Waals surface area contributed by atoms with Crippen LogP contribution in [-0.4, -0.2) is 36.3 Å². The van der Waals surface area contributed by atoms with Gasteiger partial charge in [-0.2, -0.15) is 0 Å². The maximum atomic E-state index is 5.08. The van der Waals surface area contributed by atoms with E-state index >= 15 is 0 Å². The zero-order valence-electron chi connectivity index (χ0n) is 12.3. The van der Waals surface area contributed by atoms with Gasteiger partial charge in [0.15, 0.2) is 0 Å². The average Bonchev–Trinajstić information content (AvgIpc) is 3.18. The highest BCUT2D eigenvalue weighted by Gasteiger charge is 2.19. The highest BCUT2D eigenvalue weighted by molar-refractivity contribution is 5.24. The van der Waals surface area contributed by atoms with E-state index in [9.17, 15) is 0 Å². The smallest absolute Gasteiger partial charge is 0.131 e. The van der Waals surface area contributed by atoms with Crippen molar-refractivity contribution < 1.29 is 4.74 Å². The zero-order valence-corrected chi connectivity index (χ0v) is 12.3. The van der Waals surface area contributed by atoms with Gasteiger partial charge in [0.25, 0.3) is 0 Å². The Morgan fingerprint density at radius 2 is 1.84 bits per heavy atom. The average molecular weight is 263 g/mol. The van der Waals surface area contributed by atoms with Crippen LogP contribution in [0.5, 0.6) is 0 Å². The Morgan fingerprint density at radius 1 is 1.16 bits per heavy atom. The first kappa shape index (κ1) is 14.4. The number of nitrogens with zero attached hydrogens (tertiary/aromatic N) is 2. The predicted molar refractivity (Wildman–Crippen MR) is 76.4 cm³/mol. The molecule has 0 aliphatic heterocycles. The molecule has 1 aromatic rings. The number of rotatable bonds is 8. The van der Waals surface area contributed by atoms with Crippen molar-refractivity contribution in [2.45, 2.75) is 52.0 Å². The lowest BCUT2D eigenvalue weighted by atomic mass is 10.1. The summed E-state index contributed by atoms with van der Waals surface area (Å²) in [6.07, 6.45) is 5.74. The molecule has 1 fully saturated rings. The number of aromatic nitrogens is 2. The molecule has 0 bridgehead atoms. The highest BCUT2D eigenvalue weighted by atomic mass is 16.5. The Kier molecular flexibility index (Phi) is 5.28. The van der Waals surface area contributed by atoms with E-state index in [0.717, 1.165) is 42.6 Å². The second-order valence-corrected chi connectivity index (χ2v) is 5.36. The van der Waals surface area contributed by atoms with Gasteiger partial charge in [-0.25, -0.2) is 9.97 Å². The Morgan fingerprint density at radius 3 is 2.42 bits per heavy atom. The summed E-state index contributed by atoms with van der Waals surface area (Å²) >= 11 is 0. The molecule has 0 atom stereocenters. The molecule has 1 saturated carbocycles. The van der Waals surface area contributed by atoms with E-state index in [-0.39, 0.29) is 0 Å². The van der Waals surface area contributed by atoms with Gasteiger partial charge in [-0.1, -0.05) is 0 Å². The third-order valence-electron chi connectivity index (χ3n) is 3.61. The Balaban J connectivity index is 1.87. The quantitative estimate of drug-likeness (QED) is 0.728. The molecule has 0 saturated heterocycles. The fraction of sp³-hybridized carbons (Fsp3) is 0.733. The van der Waals surface area contributed by atoms with Gasteiger partial charge in [0.05, 0.1) is 6.61 Å². The maximum absolute atomic E-state index is 5.08. The van der Waals surface area contributed by atoms with E-state index in [2.05, 4.69) is 29.1 Å². The maximum Gasteiger partial charge on any atom is 0.131 e. The van der Waals surface area contributed by atoms with Crippen molar-refractivity contribution in [2.24, 2.45) is 0 Å². The zero-order chi connectivity index (χ0) is 13.7. The highest BCUT2D eigenvalue weighted by Crippen LogP contribution is 2.19. The number of nitrogens with one attached hydrogen (secondary N) is 1. The second kappa shape index (κ2) is 6.96. The van der Waals surface area contributed by atoms with Crippen molar-refractivity contribution in [3.8, 4) is 0 Å². The summed E-state index contributed by atoms with van der Waals surface area (Å²) in [4.78, 5) is 9.17. The summed E-state index contributed by atoms with van der Waals surface area (Å²) in [5, 5.41) is 3.55. The Labute approximate surface area is 116 Å². The molecule has 0 radical (unpaired) electrons. The molecule has 106 valence electrons. The van der Waals surface area contributed by atoms with Gasteiger partial charge in [-0.3, -0.25) is 0 Å². The fourth-order valence-corrected chi connectivity index (χ4v) is 2.33. The van der Waals surface area contributed by atoms with E-state index in [4.69, 9.17) is 4.74 Å². The lowest BCUT2D eigenvalue weighted by molar-refractivity contribution is 0.200. The largest absolute Gasteiger partial charge is 0.384 e. The molecular weight excluding hydrogens is 238 g/mol. The molecule has 19 heavy (non-hydrogen) atoms. The Hall–Kier alpha value is -1.00. The van der Waals surface area contributed by atoms with Gasteiger partial charge in [0.2, 0.25) is 0 Å². The minimum atomic E-state index is 0.684. The third-order valence-corrected chi connectivity index (χ3v) is 3.61. The van der Waals surface area contributed by atoms with Crippen LogP contribution in [0.15, 0.2) is 0 Å². The molecule has 1 aliphatic rings. The molecule has 4 nitrogen and oxygen atoms in total. The van der Waals surface area contributed by atoms with Crippen molar-refractivity contribution in [1.29, 1.82) is 0 Å². The topological polar surface area (TPSA) is 47.0 Å². The van der Waals surface area contributed by atoms with Crippen molar-refractivity contribution >= 4 is 0 Å². The molecule has 2 rings (SSSR count). The van der Waals surface area contributed by atoms with E-state index < -0.39 is 0 Å². The van der Waals surface area contributed by atoms with Gasteiger partial charge in [-0.15, -0.1) is 0 Å². The van der Waals surface area contributed by atoms with Crippen molar-refractivity contribution in [1.82, 2.24) is 15.3 Å². The van der Waals surface area contributed by atoms with Crippen LogP contribution in [0, 0.1) is 13.8 Å². The van der Waals surface area contributed by atoms with Gasteiger partial charge < -0.3 is 10.1 Å².